The third-order valence-electron chi connectivity index (χ3n) is 6.96. The van der Waals surface area contributed by atoms with Gasteiger partial charge in [-0.05, 0) is 56.2 Å². The van der Waals surface area contributed by atoms with E-state index >= 15 is 0 Å². The lowest BCUT2D eigenvalue weighted by Gasteiger charge is -2.34. The zero-order valence-electron chi connectivity index (χ0n) is 19.1. The Morgan fingerprint density at radius 1 is 1.06 bits per heavy atom. The van der Waals surface area contributed by atoms with Gasteiger partial charge in [0.15, 0.2) is 0 Å². The number of aromatic nitrogens is 2. The van der Waals surface area contributed by atoms with Gasteiger partial charge < -0.3 is 14.5 Å². The minimum atomic E-state index is -0.219. The maximum atomic E-state index is 14.9. The zero-order chi connectivity index (χ0) is 22.2. The summed E-state index contributed by atoms with van der Waals surface area (Å²) in [6, 6.07) is 11.9. The van der Waals surface area contributed by atoms with Crippen LogP contribution in [0.1, 0.15) is 55.8 Å². The molecule has 1 saturated heterocycles. The molecule has 5 nitrogen and oxygen atoms in total. The largest absolute Gasteiger partial charge is 0.496 e. The van der Waals surface area contributed by atoms with Crippen molar-refractivity contribution in [2.75, 3.05) is 43.6 Å². The van der Waals surface area contributed by atoms with Crippen LogP contribution < -0.4 is 14.5 Å². The molecule has 6 heteroatoms. The lowest BCUT2D eigenvalue weighted by Crippen LogP contribution is -2.34. The summed E-state index contributed by atoms with van der Waals surface area (Å²) in [5.41, 5.74) is 2.61. The number of anilines is 2. The van der Waals surface area contributed by atoms with Crippen molar-refractivity contribution in [2.45, 2.75) is 44.4 Å². The summed E-state index contributed by atoms with van der Waals surface area (Å²) in [5, 5.41) is 0.946. The first kappa shape index (κ1) is 21.0. The molecule has 0 unspecified atom stereocenters. The maximum absolute atomic E-state index is 14.9. The molecule has 1 aliphatic heterocycles. The minimum Gasteiger partial charge on any atom is -0.496 e. The summed E-state index contributed by atoms with van der Waals surface area (Å²) < 4.78 is 20.5. The highest BCUT2D eigenvalue weighted by Gasteiger charge is 2.30. The van der Waals surface area contributed by atoms with Crippen molar-refractivity contribution >= 4 is 22.4 Å². The van der Waals surface area contributed by atoms with Crippen LogP contribution >= 0.6 is 0 Å². The fraction of sp³-hybridized carbons (Fsp3) is 0.462. The van der Waals surface area contributed by atoms with Crippen LogP contribution in [0.15, 0.2) is 36.4 Å². The number of fused-ring (bicyclic) bond motifs is 1. The number of nitrogens with zero attached hydrogens (tertiary/aromatic N) is 4. The minimum absolute atomic E-state index is 0.219. The molecule has 32 heavy (non-hydrogen) atoms. The van der Waals surface area contributed by atoms with E-state index < -0.39 is 0 Å². The molecule has 2 aliphatic rings. The second kappa shape index (κ2) is 8.57. The molecule has 5 rings (SSSR count). The van der Waals surface area contributed by atoms with Crippen molar-refractivity contribution in [1.29, 1.82) is 0 Å². The normalized spacial score (nSPS) is 17.1. The molecule has 0 bridgehead atoms. The number of ether oxygens (including phenoxy) is 1. The van der Waals surface area contributed by atoms with Crippen LogP contribution in [0.3, 0.4) is 0 Å². The molecule has 2 heterocycles. The van der Waals surface area contributed by atoms with E-state index in [-0.39, 0.29) is 5.82 Å². The zero-order valence-corrected chi connectivity index (χ0v) is 19.1. The molecule has 0 amide bonds. The Hall–Kier alpha value is -2.89. The first-order valence-corrected chi connectivity index (χ1v) is 11.7. The van der Waals surface area contributed by atoms with Crippen LogP contribution in [0.5, 0.6) is 5.75 Å². The molecule has 0 atom stereocenters. The number of benzene rings is 2. The van der Waals surface area contributed by atoms with Gasteiger partial charge >= 0.3 is 0 Å². The maximum Gasteiger partial charge on any atom is 0.148 e. The topological polar surface area (TPSA) is 41.5 Å². The highest BCUT2D eigenvalue weighted by molar-refractivity contribution is 5.92. The number of hydrogen-bond acceptors (Lipinski definition) is 5. The summed E-state index contributed by atoms with van der Waals surface area (Å²) >= 11 is 0. The van der Waals surface area contributed by atoms with Crippen molar-refractivity contribution in [2.24, 2.45) is 0 Å². The van der Waals surface area contributed by atoms with Gasteiger partial charge in [-0.2, -0.15) is 0 Å². The standard InChI is InChI=1S/C26H31FN4O/c1-4-30(2)23-15-20-22(16-21(23)27)28-25(18-9-10-18)29-26(20)31-13-11-17(12-14-31)19-7-5-6-8-24(19)32-3/h5-8,15-18H,4,9-14H2,1-3H3. The van der Waals surface area contributed by atoms with Gasteiger partial charge in [-0.3, -0.25) is 0 Å². The molecule has 1 saturated carbocycles. The number of piperidine rings is 1. The van der Waals surface area contributed by atoms with E-state index in [9.17, 15) is 4.39 Å². The second-order valence-electron chi connectivity index (χ2n) is 9.02. The van der Waals surface area contributed by atoms with Gasteiger partial charge in [0.1, 0.15) is 23.2 Å². The molecule has 168 valence electrons. The summed E-state index contributed by atoms with van der Waals surface area (Å²) in [4.78, 5) is 14.1. The smallest absolute Gasteiger partial charge is 0.148 e. The van der Waals surface area contributed by atoms with Gasteiger partial charge in [-0.15, -0.1) is 0 Å². The first-order valence-electron chi connectivity index (χ1n) is 11.7. The van der Waals surface area contributed by atoms with Gasteiger partial charge in [-0.1, -0.05) is 18.2 Å². The number of rotatable bonds is 6. The lowest BCUT2D eigenvalue weighted by molar-refractivity contribution is 0.397. The molecule has 0 spiro atoms. The Bertz CT molecular complexity index is 1120. The van der Waals surface area contributed by atoms with Gasteiger partial charge in [0, 0.05) is 44.1 Å². The molecule has 1 aliphatic carbocycles. The summed E-state index contributed by atoms with van der Waals surface area (Å²) in [6.07, 6.45) is 4.32. The highest BCUT2D eigenvalue weighted by atomic mass is 19.1. The number of para-hydroxylation sites is 1. The van der Waals surface area contributed by atoms with E-state index in [0.29, 0.717) is 17.5 Å². The Kier molecular flexibility index (Phi) is 5.62. The molecule has 2 aromatic carbocycles. The first-order chi connectivity index (χ1) is 15.6. The van der Waals surface area contributed by atoms with Crippen LogP contribution in [-0.4, -0.2) is 43.8 Å². The third kappa shape index (κ3) is 3.87. The fourth-order valence-corrected chi connectivity index (χ4v) is 4.77. The average molecular weight is 435 g/mol. The van der Waals surface area contributed by atoms with E-state index in [1.54, 1.807) is 13.2 Å². The SMILES string of the molecule is CCN(C)c1cc2c(N3CCC(c4ccccc4OC)CC3)nc(C3CC3)nc2cc1F. The van der Waals surface area contributed by atoms with Crippen molar-refractivity contribution in [3.05, 3.63) is 53.6 Å². The van der Waals surface area contributed by atoms with Crippen LogP contribution in [0.2, 0.25) is 0 Å². The summed E-state index contributed by atoms with van der Waals surface area (Å²) in [7, 11) is 3.66. The molecular formula is C26H31FN4O. The number of methoxy groups -OCH3 is 1. The van der Waals surface area contributed by atoms with E-state index in [1.165, 1.54) is 5.56 Å². The van der Waals surface area contributed by atoms with Crippen LogP contribution in [0.25, 0.3) is 10.9 Å². The van der Waals surface area contributed by atoms with Crippen LogP contribution in [0.4, 0.5) is 15.9 Å². The monoisotopic (exact) mass is 434 g/mol. The van der Waals surface area contributed by atoms with Gasteiger partial charge in [0.25, 0.3) is 0 Å². The Morgan fingerprint density at radius 2 is 1.81 bits per heavy atom. The van der Waals surface area contributed by atoms with Crippen molar-refractivity contribution in [3.8, 4) is 5.75 Å². The number of hydrogen-bond donors (Lipinski definition) is 0. The van der Waals surface area contributed by atoms with Crippen molar-refractivity contribution < 1.29 is 9.13 Å². The van der Waals surface area contributed by atoms with Gasteiger partial charge in [0.05, 0.1) is 18.3 Å². The molecular weight excluding hydrogens is 403 g/mol. The van der Waals surface area contributed by atoms with E-state index in [1.807, 2.05) is 37.1 Å². The number of halogens is 1. The van der Waals surface area contributed by atoms with E-state index in [0.717, 1.165) is 73.6 Å². The predicted molar refractivity (Wildman–Crippen MR) is 128 cm³/mol. The quantitative estimate of drug-likeness (QED) is 0.513. The Labute approximate surface area is 189 Å². The van der Waals surface area contributed by atoms with Crippen LogP contribution in [0, 0.1) is 5.82 Å². The predicted octanol–water partition coefficient (Wildman–Crippen LogP) is 5.50. The van der Waals surface area contributed by atoms with Crippen LogP contribution in [-0.2, 0) is 0 Å². The summed E-state index contributed by atoms with van der Waals surface area (Å²) in [6.45, 7) is 4.59. The van der Waals surface area contributed by atoms with Crippen molar-refractivity contribution in [1.82, 2.24) is 9.97 Å². The average Bonchev–Trinajstić information content (AvgIpc) is 3.68. The van der Waals surface area contributed by atoms with E-state index in [4.69, 9.17) is 14.7 Å². The highest BCUT2D eigenvalue weighted by Crippen LogP contribution is 2.42. The van der Waals surface area contributed by atoms with Gasteiger partial charge in [0.2, 0.25) is 0 Å². The Balaban J connectivity index is 1.49. The molecule has 0 N–H and O–H groups in total. The Morgan fingerprint density at radius 3 is 2.50 bits per heavy atom. The summed E-state index contributed by atoms with van der Waals surface area (Å²) in [5.74, 6) is 3.47. The molecule has 1 aromatic heterocycles. The molecule has 2 fully saturated rings. The molecule has 0 radical (unpaired) electrons. The van der Waals surface area contributed by atoms with Gasteiger partial charge in [-0.25, -0.2) is 14.4 Å². The molecule has 3 aromatic rings. The fourth-order valence-electron chi connectivity index (χ4n) is 4.77. The van der Waals surface area contributed by atoms with E-state index in [2.05, 4.69) is 17.0 Å². The third-order valence-corrected chi connectivity index (χ3v) is 6.96. The second-order valence-corrected chi connectivity index (χ2v) is 9.02. The lowest BCUT2D eigenvalue weighted by atomic mass is 9.88. The van der Waals surface area contributed by atoms with Crippen molar-refractivity contribution in [3.63, 3.8) is 0 Å².